The molecule has 0 unspecified atom stereocenters. The van der Waals surface area contributed by atoms with Gasteiger partial charge >= 0.3 is 5.97 Å². The Balaban J connectivity index is 3.33. The number of carboxylic acid groups (broad SMARTS) is 1. The standard InChI is InChI=1S/C7H7FN2O3/c1-13-6-3(7(11)12)2-4(8)5(9)10-6/h2H,1H3,(H2,9,10)(H,11,12). The van der Waals surface area contributed by atoms with Gasteiger partial charge in [-0.3, -0.25) is 0 Å². The molecule has 1 aromatic rings. The molecule has 0 aliphatic heterocycles. The maximum atomic E-state index is 12.7. The van der Waals surface area contributed by atoms with E-state index in [4.69, 9.17) is 10.8 Å². The van der Waals surface area contributed by atoms with E-state index in [0.29, 0.717) is 0 Å². The number of carboxylic acids is 1. The molecule has 0 spiro atoms. The van der Waals surface area contributed by atoms with Crippen LogP contribution in [0.15, 0.2) is 6.07 Å². The van der Waals surface area contributed by atoms with Crippen molar-refractivity contribution < 1.29 is 19.0 Å². The normalized spacial score (nSPS) is 9.69. The van der Waals surface area contributed by atoms with Gasteiger partial charge in [-0.15, -0.1) is 0 Å². The molecule has 0 bridgehead atoms. The smallest absolute Gasteiger partial charge is 0.341 e. The van der Waals surface area contributed by atoms with Crippen LogP contribution in [0.2, 0.25) is 0 Å². The third kappa shape index (κ3) is 1.66. The van der Waals surface area contributed by atoms with E-state index in [1.807, 2.05) is 0 Å². The summed E-state index contributed by atoms with van der Waals surface area (Å²) in [5, 5.41) is 8.58. The van der Waals surface area contributed by atoms with Crippen LogP contribution in [0.25, 0.3) is 0 Å². The Labute approximate surface area is 73.0 Å². The third-order valence-electron chi connectivity index (χ3n) is 1.39. The fourth-order valence-corrected chi connectivity index (χ4v) is 0.794. The van der Waals surface area contributed by atoms with E-state index >= 15 is 0 Å². The summed E-state index contributed by atoms with van der Waals surface area (Å²) in [7, 11) is 1.23. The van der Waals surface area contributed by atoms with Gasteiger partial charge in [0.15, 0.2) is 11.6 Å². The summed E-state index contributed by atoms with van der Waals surface area (Å²) >= 11 is 0. The number of anilines is 1. The lowest BCUT2D eigenvalue weighted by molar-refractivity contribution is 0.0692. The highest BCUT2D eigenvalue weighted by Gasteiger charge is 2.15. The molecular formula is C7H7FN2O3. The summed E-state index contributed by atoms with van der Waals surface area (Å²) in [6.45, 7) is 0. The zero-order chi connectivity index (χ0) is 10.0. The first-order valence-corrected chi connectivity index (χ1v) is 3.29. The highest BCUT2D eigenvalue weighted by atomic mass is 19.1. The van der Waals surface area contributed by atoms with Gasteiger partial charge in [-0.2, -0.15) is 4.98 Å². The summed E-state index contributed by atoms with van der Waals surface area (Å²) in [5.41, 5.74) is 4.75. The first-order chi connectivity index (χ1) is 6.06. The molecule has 0 saturated carbocycles. The second-order valence-corrected chi connectivity index (χ2v) is 2.22. The number of rotatable bonds is 2. The van der Waals surface area contributed by atoms with E-state index in [1.165, 1.54) is 7.11 Å². The van der Waals surface area contributed by atoms with Crippen molar-refractivity contribution in [2.24, 2.45) is 0 Å². The van der Waals surface area contributed by atoms with Crippen molar-refractivity contribution >= 4 is 11.8 Å². The Morgan fingerprint density at radius 2 is 2.38 bits per heavy atom. The molecule has 0 atom stereocenters. The summed E-state index contributed by atoms with van der Waals surface area (Å²) in [5.74, 6) is -2.78. The van der Waals surface area contributed by atoms with Crippen LogP contribution in [-0.2, 0) is 0 Å². The van der Waals surface area contributed by atoms with Gasteiger partial charge in [0.05, 0.1) is 7.11 Å². The van der Waals surface area contributed by atoms with Gasteiger partial charge in [-0.05, 0) is 6.07 Å². The van der Waals surface area contributed by atoms with E-state index < -0.39 is 11.8 Å². The Bertz CT molecular complexity index is 354. The molecular weight excluding hydrogens is 179 g/mol. The molecule has 5 nitrogen and oxygen atoms in total. The first-order valence-electron chi connectivity index (χ1n) is 3.29. The van der Waals surface area contributed by atoms with Crippen LogP contribution in [0.1, 0.15) is 10.4 Å². The number of methoxy groups -OCH3 is 1. The van der Waals surface area contributed by atoms with E-state index in [2.05, 4.69) is 9.72 Å². The van der Waals surface area contributed by atoms with E-state index in [0.717, 1.165) is 6.07 Å². The van der Waals surface area contributed by atoms with Crippen molar-refractivity contribution in [2.75, 3.05) is 12.8 Å². The highest BCUT2D eigenvalue weighted by molar-refractivity contribution is 5.90. The Kier molecular flexibility index (Phi) is 2.32. The van der Waals surface area contributed by atoms with Crippen molar-refractivity contribution in [2.45, 2.75) is 0 Å². The van der Waals surface area contributed by atoms with Gasteiger partial charge in [-0.1, -0.05) is 0 Å². The topological polar surface area (TPSA) is 85.4 Å². The average Bonchev–Trinajstić information content (AvgIpc) is 2.08. The molecule has 0 aliphatic carbocycles. The summed E-state index contributed by atoms with van der Waals surface area (Å²) in [4.78, 5) is 13.9. The van der Waals surface area contributed by atoms with E-state index in [-0.39, 0.29) is 17.3 Å². The highest BCUT2D eigenvalue weighted by Crippen LogP contribution is 2.19. The van der Waals surface area contributed by atoms with Crippen LogP contribution in [-0.4, -0.2) is 23.2 Å². The molecule has 1 heterocycles. The van der Waals surface area contributed by atoms with Gasteiger partial charge in [0.25, 0.3) is 0 Å². The maximum Gasteiger partial charge on any atom is 0.341 e. The first kappa shape index (κ1) is 9.24. The molecule has 0 fully saturated rings. The number of nitrogen functional groups attached to an aromatic ring is 1. The summed E-state index contributed by atoms with van der Waals surface area (Å²) in [6, 6.07) is 0.767. The molecule has 0 radical (unpaired) electrons. The Morgan fingerprint density at radius 3 is 2.85 bits per heavy atom. The molecule has 1 rings (SSSR count). The number of hydrogen-bond donors (Lipinski definition) is 2. The van der Waals surface area contributed by atoms with Gasteiger partial charge in [-0.25, -0.2) is 9.18 Å². The minimum atomic E-state index is -1.32. The number of aromatic carboxylic acids is 1. The van der Waals surface area contributed by atoms with Crippen LogP contribution >= 0.6 is 0 Å². The van der Waals surface area contributed by atoms with Crippen LogP contribution < -0.4 is 10.5 Å². The number of hydrogen-bond acceptors (Lipinski definition) is 4. The van der Waals surface area contributed by atoms with Gasteiger partial charge in [0.1, 0.15) is 5.56 Å². The Morgan fingerprint density at radius 1 is 1.77 bits per heavy atom. The predicted octanol–water partition coefficient (Wildman–Crippen LogP) is 0.510. The van der Waals surface area contributed by atoms with Gasteiger partial charge < -0.3 is 15.6 Å². The van der Waals surface area contributed by atoms with Crippen LogP contribution in [0.5, 0.6) is 5.88 Å². The number of ether oxygens (including phenoxy) is 1. The van der Waals surface area contributed by atoms with Crippen molar-refractivity contribution in [3.8, 4) is 5.88 Å². The quantitative estimate of drug-likeness (QED) is 0.702. The largest absolute Gasteiger partial charge is 0.480 e. The molecule has 0 aromatic carbocycles. The minimum absolute atomic E-state index is 0.202. The maximum absolute atomic E-state index is 12.7. The predicted molar refractivity (Wildman–Crippen MR) is 42.1 cm³/mol. The van der Waals surface area contributed by atoms with Gasteiger partial charge in [0.2, 0.25) is 5.88 Å². The molecule has 70 valence electrons. The van der Waals surface area contributed by atoms with Crippen LogP contribution in [0.4, 0.5) is 10.2 Å². The monoisotopic (exact) mass is 186 g/mol. The second-order valence-electron chi connectivity index (χ2n) is 2.22. The average molecular weight is 186 g/mol. The number of pyridine rings is 1. The molecule has 0 amide bonds. The molecule has 3 N–H and O–H groups in total. The van der Waals surface area contributed by atoms with Gasteiger partial charge in [0, 0.05) is 0 Å². The lowest BCUT2D eigenvalue weighted by Gasteiger charge is -2.04. The SMILES string of the molecule is COc1nc(N)c(F)cc1C(=O)O. The number of halogens is 1. The summed E-state index contributed by atoms with van der Waals surface area (Å²) in [6.07, 6.45) is 0. The molecule has 0 saturated heterocycles. The van der Waals surface area contributed by atoms with E-state index in [9.17, 15) is 9.18 Å². The van der Waals surface area contributed by atoms with Crippen LogP contribution in [0, 0.1) is 5.82 Å². The number of nitrogens with two attached hydrogens (primary N) is 1. The van der Waals surface area contributed by atoms with Crippen molar-refractivity contribution in [3.63, 3.8) is 0 Å². The van der Waals surface area contributed by atoms with Crippen molar-refractivity contribution in [3.05, 3.63) is 17.4 Å². The lowest BCUT2D eigenvalue weighted by atomic mass is 10.2. The van der Waals surface area contributed by atoms with Crippen molar-refractivity contribution in [1.82, 2.24) is 4.98 Å². The lowest BCUT2D eigenvalue weighted by Crippen LogP contribution is -2.06. The molecule has 13 heavy (non-hydrogen) atoms. The number of aromatic nitrogens is 1. The molecule has 6 heteroatoms. The minimum Gasteiger partial charge on any atom is -0.480 e. The second kappa shape index (κ2) is 3.26. The fourth-order valence-electron chi connectivity index (χ4n) is 0.794. The molecule has 1 aromatic heterocycles. The zero-order valence-corrected chi connectivity index (χ0v) is 6.74. The van der Waals surface area contributed by atoms with E-state index in [1.54, 1.807) is 0 Å². The zero-order valence-electron chi connectivity index (χ0n) is 6.74. The third-order valence-corrected chi connectivity index (χ3v) is 1.39. The Hall–Kier alpha value is -1.85. The number of carbonyl (C=O) groups is 1. The van der Waals surface area contributed by atoms with Crippen LogP contribution in [0.3, 0.4) is 0 Å². The van der Waals surface area contributed by atoms with Crippen molar-refractivity contribution in [1.29, 1.82) is 0 Å². The summed E-state index contributed by atoms with van der Waals surface area (Å²) < 4.78 is 17.4. The fraction of sp³-hybridized carbons (Fsp3) is 0.143. The molecule has 0 aliphatic rings. The number of nitrogens with zero attached hydrogens (tertiary/aromatic N) is 1.